The summed E-state index contributed by atoms with van der Waals surface area (Å²) in [6.07, 6.45) is 3.21. The Balaban J connectivity index is 1.41. The summed E-state index contributed by atoms with van der Waals surface area (Å²) in [5.74, 6) is -6.27. The first-order valence-corrected chi connectivity index (χ1v) is 11.1. The van der Waals surface area contributed by atoms with Crippen LogP contribution in [0.4, 0.5) is 8.78 Å². The van der Waals surface area contributed by atoms with Crippen LogP contribution in [0.3, 0.4) is 0 Å². The molecule has 0 unspecified atom stereocenters. The molecule has 4 rings (SSSR count). The summed E-state index contributed by atoms with van der Waals surface area (Å²) in [6, 6.07) is 5.46. The SMILES string of the molecule is N[C@]1(C(=O)OCOC(=O)C2CCCCC2)[C@H]2[C@@H](C[C@H]1OCc1ccc(F)cc1)[C@]2(F)C(=O)O. The van der Waals surface area contributed by atoms with Gasteiger partial charge in [0.05, 0.1) is 18.6 Å². The van der Waals surface area contributed by atoms with E-state index in [1.807, 2.05) is 0 Å². The summed E-state index contributed by atoms with van der Waals surface area (Å²) in [5, 5.41) is 9.32. The summed E-state index contributed by atoms with van der Waals surface area (Å²) in [6.45, 7) is -0.735. The molecule has 3 aliphatic rings. The largest absolute Gasteiger partial charge is 0.479 e. The minimum Gasteiger partial charge on any atom is -0.479 e. The molecule has 10 heteroatoms. The van der Waals surface area contributed by atoms with E-state index in [-0.39, 0.29) is 18.9 Å². The molecule has 0 saturated heterocycles. The number of hydrogen-bond donors (Lipinski definition) is 2. The predicted molar refractivity (Wildman–Crippen MR) is 109 cm³/mol. The fourth-order valence-corrected chi connectivity index (χ4v) is 5.29. The van der Waals surface area contributed by atoms with Gasteiger partial charge in [-0.15, -0.1) is 0 Å². The number of carboxylic acids is 1. The number of esters is 2. The third-order valence-corrected chi connectivity index (χ3v) is 7.18. The minimum absolute atomic E-state index is 0.0420. The molecule has 0 aromatic heterocycles. The summed E-state index contributed by atoms with van der Waals surface area (Å²) in [5.41, 5.74) is 2.16. The van der Waals surface area contributed by atoms with Crippen LogP contribution in [0.1, 0.15) is 44.1 Å². The summed E-state index contributed by atoms with van der Waals surface area (Å²) < 4.78 is 44.0. The molecule has 3 saturated carbocycles. The lowest BCUT2D eigenvalue weighted by Crippen LogP contribution is -2.61. The number of rotatable bonds is 8. The first-order chi connectivity index (χ1) is 15.7. The maximum atomic E-state index is 15.0. The smallest absolute Gasteiger partial charge is 0.342 e. The fraction of sp³-hybridized carbons (Fsp3) is 0.609. The lowest BCUT2D eigenvalue weighted by molar-refractivity contribution is -0.179. The molecule has 0 aliphatic heterocycles. The molecule has 0 radical (unpaired) electrons. The van der Waals surface area contributed by atoms with E-state index in [4.69, 9.17) is 19.9 Å². The fourth-order valence-electron chi connectivity index (χ4n) is 5.29. The molecule has 1 aromatic carbocycles. The average Bonchev–Trinajstić information content (AvgIpc) is 3.29. The number of alkyl halides is 1. The van der Waals surface area contributed by atoms with Crippen molar-refractivity contribution >= 4 is 17.9 Å². The van der Waals surface area contributed by atoms with E-state index < -0.39 is 59.7 Å². The van der Waals surface area contributed by atoms with Crippen LogP contribution in [0, 0.1) is 23.6 Å². The molecule has 0 amide bonds. The molecule has 1 aromatic rings. The van der Waals surface area contributed by atoms with Gasteiger partial charge in [0.1, 0.15) is 11.4 Å². The summed E-state index contributed by atoms with van der Waals surface area (Å²) in [4.78, 5) is 36.5. The van der Waals surface area contributed by atoms with E-state index in [0.29, 0.717) is 18.4 Å². The molecule has 3 N–H and O–H groups in total. The molecule has 33 heavy (non-hydrogen) atoms. The second-order valence-corrected chi connectivity index (χ2v) is 9.10. The number of fused-ring (bicyclic) bond motifs is 1. The molecule has 0 heterocycles. The Labute approximate surface area is 189 Å². The van der Waals surface area contributed by atoms with Crippen molar-refractivity contribution < 1.29 is 42.5 Å². The second-order valence-electron chi connectivity index (χ2n) is 9.10. The third kappa shape index (κ3) is 4.21. The first kappa shape index (κ1) is 23.6. The van der Waals surface area contributed by atoms with Gasteiger partial charge in [-0.2, -0.15) is 0 Å². The molecular formula is C23H27F2NO7. The van der Waals surface area contributed by atoms with Crippen molar-refractivity contribution in [2.45, 2.75) is 62.4 Å². The van der Waals surface area contributed by atoms with Crippen LogP contribution in [-0.2, 0) is 35.2 Å². The normalized spacial score (nSPS) is 33.2. The number of halogens is 2. The van der Waals surface area contributed by atoms with Gasteiger partial charge in [-0.1, -0.05) is 31.4 Å². The van der Waals surface area contributed by atoms with E-state index in [1.54, 1.807) is 0 Å². The number of ether oxygens (including phenoxy) is 3. The Morgan fingerprint density at radius 3 is 2.39 bits per heavy atom. The first-order valence-electron chi connectivity index (χ1n) is 11.1. The van der Waals surface area contributed by atoms with Gasteiger partial charge in [0, 0.05) is 11.8 Å². The van der Waals surface area contributed by atoms with Gasteiger partial charge in [-0.05, 0) is 37.0 Å². The lowest BCUT2D eigenvalue weighted by atomic mass is 9.87. The Morgan fingerprint density at radius 2 is 1.76 bits per heavy atom. The molecule has 180 valence electrons. The van der Waals surface area contributed by atoms with Crippen molar-refractivity contribution in [1.82, 2.24) is 0 Å². The van der Waals surface area contributed by atoms with Crippen molar-refractivity contribution in [2.24, 2.45) is 23.5 Å². The van der Waals surface area contributed by atoms with Crippen LogP contribution < -0.4 is 5.73 Å². The van der Waals surface area contributed by atoms with Crippen LogP contribution in [0.5, 0.6) is 0 Å². The standard InChI is InChI=1S/C23H27F2NO7/c24-15-8-6-13(7-9-15)11-31-17-10-16-18(22(16,25)20(28)29)23(17,26)21(30)33-12-32-19(27)14-4-2-1-3-5-14/h6-9,14,16-18H,1-5,10-12,26H2,(H,28,29)/t16-,17-,18+,22-,23+/m1/s1. The Morgan fingerprint density at radius 1 is 1.09 bits per heavy atom. The zero-order valence-electron chi connectivity index (χ0n) is 18.0. The van der Waals surface area contributed by atoms with E-state index >= 15 is 0 Å². The van der Waals surface area contributed by atoms with E-state index in [9.17, 15) is 28.3 Å². The molecule has 3 fully saturated rings. The van der Waals surface area contributed by atoms with Crippen molar-refractivity contribution in [1.29, 1.82) is 0 Å². The Hall–Kier alpha value is -2.59. The number of benzene rings is 1. The monoisotopic (exact) mass is 467 g/mol. The number of carbonyl (C=O) groups is 3. The van der Waals surface area contributed by atoms with Crippen LogP contribution in [-0.4, -0.2) is 47.1 Å². The van der Waals surface area contributed by atoms with Gasteiger partial charge in [-0.3, -0.25) is 4.79 Å². The molecule has 8 nitrogen and oxygen atoms in total. The quantitative estimate of drug-likeness (QED) is 0.441. The summed E-state index contributed by atoms with van der Waals surface area (Å²) in [7, 11) is 0. The van der Waals surface area contributed by atoms with Crippen LogP contribution in [0.25, 0.3) is 0 Å². The number of carboxylic acid groups (broad SMARTS) is 1. The average molecular weight is 467 g/mol. The highest BCUT2D eigenvalue weighted by molar-refractivity contribution is 5.91. The van der Waals surface area contributed by atoms with Gasteiger partial charge >= 0.3 is 17.9 Å². The van der Waals surface area contributed by atoms with Crippen LogP contribution >= 0.6 is 0 Å². The molecule has 0 spiro atoms. The maximum Gasteiger partial charge on any atom is 0.342 e. The molecule has 5 atom stereocenters. The number of nitrogens with two attached hydrogens (primary N) is 1. The van der Waals surface area contributed by atoms with Crippen molar-refractivity contribution in [2.75, 3.05) is 6.79 Å². The van der Waals surface area contributed by atoms with Gasteiger partial charge in [0.25, 0.3) is 0 Å². The van der Waals surface area contributed by atoms with Crippen LogP contribution in [0.2, 0.25) is 0 Å². The second kappa shape index (κ2) is 8.98. The zero-order valence-corrected chi connectivity index (χ0v) is 18.0. The third-order valence-electron chi connectivity index (χ3n) is 7.18. The highest BCUT2D eigenvalue weighted by Gasteiger charge is 2.85. The van der Waals surface area contributed by atoms with Gasteiger partial charge in [-0.25, -0.2) is 18.4 Å². The highest BCUT2D eigenvalue weighted by atomic mass is 19.1. The van der Waals surface area contributed by atoms with E-state index in [2.05, 4.69) is 0 Å². The Bertz CT molecular complexity index is 920. The number of aliphatic carboxylic acids is 1. The Kier molecular flexibility index (Phi) is 6.41. The van der Waals surface area contributed by atoms with Crippen molar-refractivity contribution in [3.63, 3.8) is 0 Å². The topological polar surface area (TPSA) is 125 Å². The lowest BCUT2D eigenvalue weighted by Gasteiger charge is -2.33. The highest BCUT2D eigenvalue weighted by Crippen LogP contribution is 2.67. The van der Waals surface area contributed by atoms with Crippen molar-refractivity contribution in [3.05, 3.63) is 35.6 Å². The van der Waals surface area contributed by atoms with E-state index in [0.717, 1.165) is 19.3 Å². The van der Waals surface area contributed by atoms with Gasteiger partial charge in [0.2, 0.25) is 12.5 Å². The van der Waals surface area contributed by atoms with Gasteiger partial charge < -0.3 is 25.1 Å². The van der Waals surface area contributed by atoms with Crippen molar-refractivity contribution in [3.8, 4) is 0 Å². The summed E-state index contributed by atoms with van der Waals surface area (Å²) >= 11 is 0. The zero-order chi connectivity index (χ0) is 23.8. The van der Waals surface area contributed by atoms with Crippen LogP contribution in [0.15, 0.2) is 24.3 Å². The maximum absolute atomic E-state index is 15.0. The predicted octanol–water partition coefficient (Wildman–Crippen LogP) is 2.48. The minimum atomic E-state index is -2.65. The molecule has 3 aliphatic carbocycles. The number of carbonyl (C=O) groups excluding carboxylic acids is 2. The molecule has 0 bridgehead atoms. The molecular weight excluding hydrogens is 440 g/mol. The van der Waals surface area contributed by atoms with E-state index in [1.165, 1.54) is 24.3 Å². The van der Waals surface area contributed by atoms with Gasteiger partial charge in [0.15, 0.2) is 0 Å². The number of hydrogen-bond acceptors (Lipinski definition) is 7.